The molecule has 0 heterocycles. The molecule has 0 aromatic heterocycles. The Hall–Kier alpha value is -2.56. The fourth-order valence-corrected chi connectivity index (χ4v) is 2.90. The third kappa shape index (κ3) is 4.10. The summed E-state index contributed by atoms with van der Waals surface area (Å²) in [6.07, 6.45) is 2.03. The summed E-state index contributed by atoms with van der Waals surface area (Å²) in [6, 6.07) is 12.2. The van der Waals surface area contributed by atoms with Crippen molar-refractivity contribution >= 4 is 5.91 Å². The minimum Gasteiger partial charge on any atom is -0.497 e. The Bertz CT molecular complexity index is 758. The zero-order chi connectivity index (χ0) is 17.8. The zero-order valence-electron chi connectivity index (χ0n) is 14.5. The van der Waals surface area contributed by atoms with Crippen molar-refractivity contribution in [3.63, 3.8) is 0 Å². The third-order valence-corrected chi connectivity index (χ3v) is 4.44. The summed E-state index contributed by atoms with van der Waals surface area (Å²) in [5, 5.41) is 0. The van der Waals surface area contributed by atoms with Crippen molar-refractivity contribution in [2.45, 2.75) is 31.8 Å². The van der Waals surface area contributed by atoms with Crippen LogP contribution >= 0.6 is 0 Å². The van der Waals surface area contributed by atoms with Gasteiger partial charge in [0.25, 0.3) is 0 Å². The number of halogens is 1. The number of ether oxygens (including phenoxy) is 2. The molecule has 0 saturated heterocycles. The summed E-state index contributed by atoms with van der Waals surface area (Å²) in [5.74, 6) is 1.02. The summed E-state index contributed by atoms with van der Waals surface area (Å²) in [6.45, 7) is 0.429. The molecule has 132 valence electrons. The maximum Gasteiger partial charge on any atom is 0.227 e. The monoisotopic (exact) mass is 343 g/mol. The van der Waals surface area contributed by atoms with Gasteiger partial charge in [-0.2, -0.15) is 0 Å². The van der Waals surface area contributed by atoms with Crippen molar-refractivity contribution in [2.24, 2.45) is 0 Å². The number of carbonyl (C=O) groups excluding carboxylic acids is 1. The molecule has 0 aliphatic heterocycles. The van der Waals surface area contributed by atoms with Crippen molar-refractivity contribution in [1.29, 1.82) is 0 Å². The van der Waals surface area contributed by atoms with E-state index in [0.717, 1.165) is 18.4 Å². The summed E-state index contributed by atoms with van der Waals surface area (Å²) in [5.41, 5.74) is 1.31. The molecular formula is C20H22FNO3. The van der Waals surface area contributed by atoms with Gasteiger partial charge in [-0.1, -0.05) is 18.2 Å². The molecule has 3 rings (SSSR count). The molecule has 0 radical (unpaired) electrons. The van der Waals surface area contributed by atoms with Crippen molar-refractivity contribution in [3.8, 4) is 11.5 Å². The molecule has 0 atom stereocenters. The highest BCUT2D eigenvalue weighted by Crippen LogP contribution is 2.32. The molecule has 2 aromatic carbocycles. The first-order valence-corrected chi connectivity index (χ1v) is 8.36. The van der Waals surface area contributed by atoms with Gasteiger partial charge in [0.2, 0.25) is 5.91 Å². The van der Waals surface area contributed by atoms with E-state index in [0.29, 0.717) is 23.6 Å². The molecule has 0 bridgehead atoms. The van der Waals surface area contributed by atoms with Gasteiger partial charge in [-0.05, 0) is 42.7 Å². The first-order valence-electron chi connectivity index (χ1n) is 8.36. The Morgan fingerprint density at radius 1 is 1.12 bits per heavy atom. The molecule has 1 saturated carbocycles. The highest BCUT2D eigenvalue weighted by molar-refractivity contribution is 5.79. The zero-order valence-corrected chi connectivity index (χ0v) is 14.5. The van der Waals surface area contributed by atoms with Crippen molar-refractivity contribution in [2.75, 3.05) is 14.2 Å². The number of nitrogens with zero attached hydrogens (tertiary/aromatic N) is 1. The van der Waals surface area contributed by atoms with Gasteiger partial charge < -0.3 is 14.4 Å². The molecule has 2 aromatic rings. The minimum absolute atomic E-state index is 0.0649. The summed E-state index contributed by atoms with van der Waals surface area (Å²) >= 11 is 0. The first kappa shape index (κ1) is 17.3. The lowest BCUT2D eigenvalue weighted by atomic mass is 10.1. The van der Waals surface area contributed by atoms with E-state index < -0.39 is 0 Å². The number of hydrogen-bond acceptors (Lipinski definition) is 3. The van der Waals surface area contributed by atoms with Gasteiger partial charge in [-0.15, -0.1) is 0 Å². The topological polar surface area (TPSA) is 38.8 Å². The lowest BCUT2D eigenvalue weighted by molar-refractivity contribution is -0.131. The van der Waals surface area contributed by atoms with Gasteiger partial charge in [-0.3, -0.25) is 4.79 Å². The van der Waals surface area contributed by atoms with Crippen LogP contribution in [-0.4, -0.2) is 31.1 Å². The highest BCUT2D eigenvalue weighted by atomic mass is 19.1. The van der Waals surface area contributed by atoms with Gasteiger partial charge in [-0.25, -0.2) is 4.39 Å². The molecule has 0 N–H and O–H groups in total. The second-order valence-corrected chi connectivity index (χ2v) is 6.20. The fourth-order valence-electron chi connectivity index (χ4n) is 2.90. The molecule has 25 heavy (non-hydrogen) atoms. The average molecular weight is 343 g/mol. The van der Waals surface area contributed by atoms with Crippen LogP contribution in [0.15, 0.2) is 42.5 Å². The average Bonchev–Trinajstić information content (AvgIpc) is 3.46. The maximum atomic E-state index is 13.9. The van der Waals surface area contributed by atoms with Gasteiger partial charge in [0.05, 0.1) is 20.6 Å². The molecule has 1 fully saturated rings. The van der Waals surface area contributed by atoms with Crippen LogP contribution in [0.3, 0.4) is 0 Å². The Balaban J connectivity index is 1.80. The smallest absolute Gasteiger partial charge is 0.227 e. The molecule has 1 aliphatic carbocycles. The van der Waals surface area contributed by atoms with E-state index in [9.17, 15) is 9.18 Å². The third-order valence-electron chi connectivity index (χ3n) is 4.44. The molecular weight excluding hydrogens is 321 g/mol. The van der Waals surface area contributed by atoms with Crippen molar-refractivity contribution < 1.29 is 18.7 Å². The van der Waals surface area contributed by atoms with E-state index in [-0.39, 0.29) is 24.2 Å². The number of hydrogen-bond donors (Lipinski definition) is 0. The normalized spacial score (nSPS) is 13.4. The molecule has 4 nitrogen and oxygen atoms in total. The second kappa shape index (κ2) is 7.55. The van der Waals surface area contributed by atoms with Crippen molar-refractivity contribution in [3.05, 3.63) is 59.4 Å². The quantitative estimate of drug-likeness (QED) is 0.771. The first-order chi connectivity index (χ1) is 12.1. The number of benzene rings is 2. The van der Waals surface area contributed by atoms with Crippen LogP contribution in [0, 0.1) is 5.82 Å². The van der Waals surface area contributed by atoms with Gasteiger partial charge in [0.15, 0.2) is 0 Å². The predicted molar refractivity (Wildman–Crippen MR) is 93.2 cm³/mol. The van der Waals surface area contributed by atoms with Crippen LogP contribution in [0.4, 0.5) is 4.39 Å². The molecule has 1 aliphatic rings. The summed E-state index contributed by atoms with van der Waals surface area (Å²) in [7, 11) is 3.21. The fraction of sp³-hybridized carbons (Fsp3) is 0.350. The molecule has 5 heteroatoms. The second-order valence-electron chi connectivity index (χ2n) is 6.20. The Morgan fingerprint density at radius 2 is 1.88 bits per heavy atom. The Morgan fingerprint density at radius 3 is 2.52 bits per heavy atom. The maximum absolute atomic E-state index is 13.9. The SMILES string of the molecule is COc1ccc(OC)c(CN(C(=O)Cc2ccccc2F)C2CC2)c1. The Kier molecular flexibility index (Phi) is 5.22. The van der Waals surface area contributed by atoms with Gasteiger partial charge >= 0.3 is 0 Å². The van der Waals surface area contributed by atoms with Gasteiger partial charge in [0.1, 0.15) is 17.3 Å². The lowest BCUT2D eigenvalue weighted by Gasteiger charge is -2.24. The number of methoxy groups -OCH3 is 2. The number of carbonyl (C=O) groups is 1. The number of rotatable bonds is 7. The van der Waals surface area contributed by atoms with Crippen LogP contribution in [0.25, 0.3) is 0 Å². The van der Waals surface area contributed by atoms with E-state index in [2.05, 4.69) is 0 Å². The van der Waals surface area contributed by atoms with E-state index in [1.54, 1.807) is 32.4 Å². The van der Waals surface area contributed by atoms with Crippen LogP contribution < -0.4 is 9.47 Å². The molecule has 1 amide bonds. The highest BCUT2D eigenvalue weighted by Gasteiger charge is 2.33. The van der Waals surface area contributed by atoms with Crippen LogP contribution in [-0.2, 0) is 17.8 Å². The van der Waals surface area contributed by atoms with Crippen LogP contribution in [0.1, 0.15) is 24.0 Å². The number of amides is 1. The largest absolute Gasteiger partial charge is 0.497 e. The molecule has 0 unspecified atom stereocenters. The summed E-state index contributed by atoms with van der Waals surface area (Å²) < 4.78 is 24.6. The summed E-state index contributed by atoms with van der Waals surface area (Å²) in [4.78, 5) is 14.6. The van der Waals surface area contributed by atoms with E-state index >= 15 is 0 Å². The minimum atomic E-state index is -0.342. The Labute approximate surface area is 147 Å². The van der Waals surface area contributed by atoms with E-state index in [4.69, 9.17) is 9.47 Å². The van der Waals surface area contributed by atoms with E-state index in [1.165, 1.54) is 6.07 Å². The van der Waals surface area contributed by atoms with Crippen LogP contribution in [0.5, 0.6) is 11.5 Å². The van der Waals surface area contributed by atoms with Crippen LogP contribution in [0.2, 0.25) is 0 Å². The lowest BCUT2D eigenvalue weighted by Crippen LogP contribution is -2.34. The standard InChI is InChI=1S/C20H22FNO3/c1-24-17-9-10-19(25-2)15(11-17)13-22(16-7-8-16)20(23)12-14-5-3-4-6-18(14)21/h3-6,9-11,16H,7-8,12-13H2,1-2H3. The van der Waals surface area contributed by atoms with Crippen molar-refractivity contribution in [1.82, 2.24) is 4.90 Å². The van der Waals surface area contributed by atoms with E-state index in [1.807, 2.05) is 23.1 Å². The predicted octanol–water partition coefficient (Wildman–Crippen LogP) is 3.58. The molecule has 0 spiro atoms. The van der Waals surface area contributed by atoms with Gasteiger partial charge in [0, 0.05) is 18.2 Å².